The lowest BCUT2D eigenvalue weighted by molar-refractivity contribution is 0.0478. The molecule has 1 rings (SSSR count). The van der Waals surface area contributed by atoms with Crippen LogP contribution in [0.1, 0.15) is 47.5 Å². The molecule has 5 heteroatoms. The number of carbonyl (C=O) groups is 1. The van der Waals surface area contributed by atoms with Crippen LogP contribution in [0.15, 0.2) is 0 Å². The van der Waals surface area contributed by atoms with E-state index in [0.717, 1.165) is 26.2 Å². The molecule has 118 valence electrons. The van der Waals surface area contributed by atoms with Gasteiger partial charge in [-0.25, -0.2) is 4.79 Å². The normalized spacial score (nSPS) is 20.6. The maximum Gasteiger partial charge on any atom is 0.407 e. The zero-order chi connectivity index (χ0) is 15.2. The maximum atomic E-state index is 11.6. The van der Waals surface area contributed by atoms with Crippen LogP contribution in [-0.4, -0.2) is 43.5 Å². The number of carbonyl (C=O) groups excluding carboxylic acids is 1. The van der Waals surface area contributed by atoms with Gasteiger partial charge in [0, 0.05) is 25.2 Å². The topological polar surface area (TPSA) is 59.6 Å². The SMILES string of the molecule is CC(C)(CNC(=O)OC(C)(C)C)NCC1CCCOC1. The molecule has 1 fully saturated rings. The van der Waals surface area contributed by atoms with Crippen LogP contribution in [-0.2, 0) is 9.47 Å². The fourth-order valence-corrected chi connectivity index (χ4v) is 2.06. The average Bonchev–Trinajstić information content (AvgIpc) is 2.34. The van der Waals surface area contributed by atoms with Gasteiger partial charge in [-0.3, -0.25) is 0 Å². The molecule has 2 N–H and O–H groups in total. The lowest BCUT2D eigenvalue weighted by Gasteiger charge is -2.31. The van der Waals surface area contributed by atoms with Gasteiger partial charge in [-0.05, 0) is 53.4 Å². The molecule has 20 heavy (non-hydrogen) atoms. The Morgan fingerprint density at radius 2 is 2.00 bits per heavy atom. The first-order chi connectivity index (χ1) is 9.18. The standard InChI is InChI=1S/C15H30N2O3/c1-14(2,3)20-13(18)16-11-15(4,5)17-9-12-7-6-8-19-10-12/h12,17H,6-11H2,1-5H3,(H,16,18). The first-order valence-corrected chi connectivity index (χ1v) is 7.48. The lowest BCUT2D eigenvalue weighted by atomic mass is 9.99. The summed E-state index contributed by atoms with van der Waals surface area (Å²) >= 11 is 0. The fourth-order valence-electron chi connectivity index (χ4n) is 2.06. The Balaban J connectivity index is 2.24. The van der Waals surface area contributed by atoms with E-state index < -0.39 is 5.60 Å². The molecule has 0 saturated carbocycles. The second kappa shape index (κ2) is 7.27. The average molecular weight is 286 g/mol. The molecule has 0 aromatic rings. The number of ether oxygens (including phenoxy) is 2. The zero-order valence-corrected chi connectivity index (χ0v) is 13.5. The number of rotatable bonds is 5. The zero-order valence-electron chi connectivity index (χ0n) is 13.5. The molecule has 1 unspecified atom stereocenters. The molecule has 0 aromatic carbocycles. The first kappa shape index (κ1) is 17.2. The molecular formula is C15H30N2O3. The molecule has 1 amide bonds. The van der Waals surface area contributed by atoms with E-state index >= 15 is 0 Å². The van der Waals surface area contributed by atoms with Gasteiger partial charge in [0.1, 0.15) is 5.60 Å². The highest BCUT2D eigenvalue weighted by atomic mass is 16.6. The van der Waals surface area contributed by atoms with Crippen LogP contribution in [0.2, 0.25) is 0 Å². The van der Waals surface area contributed by atoms with E-state index in [2.05, 4.69) is 24.5 Å². The Morgan fingerprint density at radius 3 is 2.55 bits per heavy atom. The fraction of sp³-hybridized carbons (Fsp3) is 0.933. The minimum Gasteiger partial charge on any atom is -0.444 e. The third kappa shape index (κ3) is 7.70. The summed E-state index contributed by atoms with van der Waals surface area (Å²) in [5, 5.41) is 6.31. The van der Waals surface area contributed by atoms with Crippen LogP contribution >= 0.6 is 0 Å². The molecule has 0 aliphatic carbocycles. The third-order valence-electron chi connectivity index (χ3n) is 3.20. The van der Waals surface area contributed by atoms with Gasteiger partial charge in [-0.15, -0.1) is 0 Å². The van der Waals surface area contributed by atoms with Gasteiger partial charge in [-0.2, -0.15) is 0 Å². The number of hydrogen-bond acceptors (Lipinski definition) is 4. The molecule has 0 spiro atoms. The highest BCUT2D eigenvalue weighted by Gasteiger charge is 2.23. The van der Waals surface area contributed by atoms with Gasteiger partial charge >= 0.3 is 6.09 Å². The van der Waals surface area contributed by atoms with Crippen LogP contribution in [0.4, 0.5) is 4.79 Å². The van der Waals surface area contributed by atoms with Crippen molar-refractivity contribution in [2.24, 2.45) is 5.92 Å². The van der Waals surface area contributed by atoms with E-state index in [1.165, 1.54) is 6.42 Å². The molecule has 5 nitrogen and oxygen atoms in total. The molecular weight excluding hydrogens is 256 g/mol. The summed E-state index contributed by atoms with van der Waals surface area (Å²) in [5.41, 5.74) is -0.616. The van der Waals surface area contributed by atoms with Crippen LogP contribution in [0.25, 0.3) is 0 Å². The van der Waals surface area contributed by atoms with Gasteiger partial charge in [0.2, 0.25) is 0 Å². The number of amides is 1. The third-order valence-corrected chi connectivity index (χ3v) is 3.20. The summed E-state index contributed by atoms with van der Waals surface area (Å²) in [6.45, 7) is 12.9. The minimum absolute atomic E-state index is 0.158. The Kier molecular flexibility index (Phi) is 6.27. The summed E-state index contributed by atoms with van der Waals surface area (Å²) in [5.74, 6) is 0.574. The van der Waals surface area contributed by atoms with Crippen molar-refractivity contribution < 1.29 is 14.3 Å². The van der Waals surface area contributed by atoms with Crippen LogP contribution in [0, 0.1) is 5.92 Å². The number of alkyl carbamates (subject to hydrolysis) is 1. The molecule has 1 aliphatic heterocycles. The van der Waals surface area contributed by atoms with E-state index in [4.69, 9.17) is 9.47 Å². The molecule has 0 bridgehead atoms. The molecule has 1 heterocycles. The van der Waals surface area contributed by atoms with Crippen LogP contribution < -0.4 is 10.6 Å². The van der Waals surface area contributed by atoms with E-state index in [1.54, 1.807) is 0 Å². The van der Waals surface area contributed by atoms with E-state index in [9.17, 15) is 4.79 Å². The predicted octanol–water partition coefficient (Wildman–Crippen LogP) is 2.31. The first-order valence-electron chi connectivity index (χ1n) is 7.48. The van der Waals surface area contributed by atoms with Crippen LogP contribution in [0.5, 0.6) is 0 Å². The van der Waals surface area contributed by atoms with E-state index in [-0.39, 0.29) is 11.6 Å². The summed E-state index contributed by atoms with van der Waals surface area (Å²) in [6, 6.07) is 0. The van der Waals surface area contributed by atoms with Crippen molar-refractivity contribution >= 4 is 6.09 Å². The second-order valence-electron chi connectivity index (χ2n) is 7.20. The van der Waals surface area contributed by atoms with Crippen molar-refractivity contribution in [1.82, 2.24) is 10.6 Å². The monoisotopic (exact) mass is 286 g/mol. The molecule has 0 radical (unpaired) electrons. The van der Waals surface area contributed by atoms with Crippen molar-refractivity contribution in [2.75, 3.05) is 26.3 Å². The minimum atomic E-state index is -0.457. The van der Waals surface area contributed by atoms with Gasteiger partial charge in [0.05, 0.1) is 6.61 Å². The largest absolute Gasteiger partial charge is 0.444 e. The molecule has 1 saturated heterocycles. The van der Waals surface area contributed by atoms with Gasteiger partial charge in [0.25, 0.3) is 0 Å². The molecule has 0 aromatic heterocycles. The summed E-state index contributed by atoms with van der Waals surface area (Å²) in [7, 11) is 0. The Bertz CT molecular complexity index is 305. The van der Waals surface area contributed by atoms with Gasteiger partial charge in [0.15, 0.2) is 0 Å². The highest BCUT2D eigenvalue weighted by Crippen LogP contribution is 2.14. The summed E-state index contributed by atoms with van der Waals surface area (Å²) in [6.07, 6.45) is 1.99. The molecule has 1 atom stereocenters. The van der Waals surface area contributed by atoms with Crippen molar-refractivity contribution in [3.8, 4) is 0 Å². The Hall–Kier alpha value is -0.810. The summed E-state index contributed by atoms with van der Waals surface area (Å²) < 4.78 is 10.7. The van der Waals surface area contributed by atoms with Crippen molar-refractivity contribution in [1.29, 1.82) is 0 Å². The van der Waals surface area contributed by atoms with Gasteiger partial charge in [-0.1, -0.05) is 0 Å². The van der Waals surface area contributed by atoms with Crippen LogP contribution in [0.3, 0.4) is 0 Å². The Morgan fingerprint density at radius 1 is 1.30 bits per heavy atom. The quantitative estimate of drug-likeness (QED) is 0.814. The van der Waals surface area contributed by atoms with E-state index in [1.807, 2.05) is 20.8 Å². The van der Waals surface area contributed by atoms with Gasteiger partial charge < -0.3 is 20.1 Å². The predicted molar refractivity (Wildman–Crippen MR) is 79.9 cm³/mol. The van der Waals surface area contributed by atoms with Crippen molar-refractivity contribution in [2.45, 2.75) is 58.6 Å². The second-order valence-corrected chi connectivity index (χ2v) is 7.20. The Labute approximate surface area is 122 Å². The number of nitrogens with one attached hydrogen (secondary N) is 2. The van der Waals surface area contributed by atoms with Crippen molar-refractivity contribution in [3.05, 3.63) is 0 Å². The highest BCUT2D eigenvalue weighted by molar-refractivity contribution is 5.67. The summed E-state index contributed by atoms with van der Waals surface area (Å²) in [4.78, 5) is 11.6. The number of hydrogen-bond donors (Lipinski definition) is 2. The smallest absolute Gasteiger partial charge is 0.407 e. The maximum absolute atomic E-state index is 11.6. The van der Waals surface area contributed by atoms with E-state index in [0.29, 0.717) is 12.5 Å². The molecule has 1 aliphatic rings. The van der Waals surface area contributed by atoms with Crippen molar-refractivity contribution in [3.63, 3.8) is 0 Å². The lowest BCUT2D eigenvalue weighted by Crippen LogP contribution is -2.51.